The zero-order valence-electron chi connectivity index (χ0n) is 43.3. The standard InChI is InChI=1S/C57H96O12S/c1-3-5-7-9-11-13-15-17-19-21-23-24-25-26-28-29-31-33-35-37-39-41-43-45-52(58)66-47-50(48-67-57-56(62)55(61)54(60)51(69-57)49-70(63,64)65)68-53(59)46-44-42-40-38-36-34-32-30-27-22-20-18-16-14-12-10-8-6-4-2/h6,8,12,14,18,20,27,29-31,34,36-37,39,50-51,54-57,60-62H,3-5,7,9-11,13,15-17,19,21-26,28,32-33,35,38,40-49H2,1-2H3,(H,63,64,65)/b8-6+,14-12+,20-18+,30-27+,31-29+,36-34+,39-37+/t50-,51-,54-,55?,56?,57+/m1/s1. The molecule has 0 spiro atoms. The highest BCUT2D eigenvalue weighted by molar-refractivity contribution is 7.85. The highest BCUT2D eigenvalue weighted by Crippen LogP contribution is 2.24. The van der Waals surface area contributed by atoms with E-state index in [1.165, 1.54) is 89.9 Å². The van der Waals surface area contributed by atoms with Crippen molar-refractivity contribution < 1.29 is 56.8 Å². The van der Waals surface area contributed by atoms with E-state index in [2.05, 4.69) is 98.9 Å². The summed E-state index contributed by atoms with van der Waals surface area (Å²) in [4.78, 5) is 25.5. The van der Waals surface area contributed by atoms with Gasteiger partial charge in [0.2, 0.25) is 0 Å². The van der Waals surface area contributed by atoms with Crippen LogP contribution in [0.25, 0.3) is 0 Å². The van der Waals surface area contributed by atoms with Crippen LogP contribution in [0.1, 0.15) is 206 Å². The second-order valence-electron chi connectivity index (χ2n) is 18.5. The molecule has 4 N–H and O–H groups in total. The molecule has 0 radical (unpaired) electrons. The average Bonchev–Trinajstić information content (AvgIpc) is 3.33. The van der Waals surface area contributed by atoms with Gasteiger partial charge in [-0.05, 0) is 89.9 Å². The first-order chi connectivity index (χ1) is 34.0. The van der Waals surface area contributed by atoms with Crippen LogP contribution in [0.5, 0.6) is 0 Å². The number of ether oxygens (including phenoxy) is 4. The van der Waals surface area contributed by atoms with Crippen LogP contribution in [0, 0.1) is 0 Å². The Kier molecular flexibility index (Phi) is 42.3. The van der Waals surface area contributed by atoms with Crippen LogP contribution in [0.3, 0.4) is 0 Å². The van der Waals surface area contributed by atoms with Crippen molar-refractivity contribution in [3.63, 3.8) is 0 Å². The number of allylic oxidation sites excluding steroid dienone is 14. The van der Waals surface area contributed by atoms with Crippen molar-refractivity contribution in [1.82, 2.24) is 0 Å². The fourth-order valence-corrected chi connectivity index (χ4v) is 8.47. The second kappa shape index (κ2) is 45.7. The van der Waals surface area contributed by atoms with Gasteiger partial charge in [0.25, 0.3) is 10.1 Å². The number of hydrogen-bond donors (Lipinski definition) is 4. The molecule has 1 aliphatic heterocycles. The molecule has 1 saturated heterocycles. The molecule has 12 nitrogen and oxygen atoms in total. The maximum atomic E-state index is 12.9. The SMILES string of the molecule is CC/C=C/C/C=C/C/C=C/C/C=C/C/C=C/CCCCCC(=O)O[C@H](COC(=O)CCC/C=C/CC/C=C/CCCCCCCCCCCCCCCC)CO[C@H]1O[C@H](CS(=O)(=O)O)[C@@H](O)C(O)C1O. The molecule has 2 unspecified atom stereocenters. The summed E-state index contributed by atoms with van der Waals surface area (Å²) < 4.78 is 54.2. The van der Waals surface area contributed by atoms with Gasteiger partial charge >= 0.3 is 11.9 Å². The van der Waals surface area contributed by atoms with Gasteiger partial charge in [0.05, 0.1) is 6.61 Å². The number of unbranched alkanes of at least 4 members (excludes halogenated alkanes) is 19. The van der Waals surface area contributed by atoms with Gasteiger partial charge in [0.1, 0.15) is 36.8 Å². The van der Waals surface area contributed by atoms with E-state index in [-0.39, 0.29) is 19.4 Å². The fourth-order valence-electron chi connectivity index (χ4n) is 7.78. The molecule has 0 saturated carbocycles. The molecule has 0 aromatic rings. The van der Waals surface area contributed by atoms with E-state index in [1.807, 2.05) is 0 Å². The summed E-state index contributed by atoms with van der Waals surface area (Å²) in [7, 11) is -4.62. The summed E-state index contributed by atoms with van der Waals surface area (Å²) in [6, 6.07) is 0. The van der Waals surface area contributed by atoms with E-state index in [0.29, 0.717) is 19.3 Å². The Balaban J connectivity index is 2.40. The largest absolute Gasteiger partial charge is 0.462 e. The van der Waals surface area contributed by atoms with Crippen LogP contribution < -0.4 is 0 Å². The van der Waals surface area contributed by atoms with Crippen molar-refractivity contribution in [2.45, 2.75) is 243 Å². The van der Waals surface area contributed by atoms with Crippen molar-refractivity contribution >= 4 is 22.1 Å². The maximum absolute atomic E-state index is 12.9. The first-order valence-corrected chi connectivity index (χ1v) is 28.8. The second-order valence-corrected chi connectivity index (χ2v) is 20.0. The number of carbonyl (C=O) groups is 2. The molecule has 402 valence electrons. The molecule has 1 heterocycles. The van der Waals surface area contributed by atoms with E-state index in [1.54, 1.807) is 0 Å². The van der Waals surface area contributed by atoms with Crippen LogP contribution in [0.15, 0.2) is 85.1 Å². The van der Waals surface area contributed by atoms with Crippen molar-refractivity contribution in [2.75, 3.05) is 19.0 Å². The van der Waals surface area contributed by atoms with Crippen LogP contribution in [-0.4, -0.2) is 96.0 Å². The monoisotopic (exact) mass is 1000 g/mol. The first-order valence-electron chi connectivity index (χ1n) is 27.1. The Morgan fingerprint density at radius 3 is 1.44 bits per heavy atom. The lowest BCUT2D eigenvalue weighted by Gasteiger charge is -2.40. The molecule has 0 amide bonds. The maximum Gasteiger partial charge on any atom is 0.306 e. The van der Waals surface area contributed by atoms with E-state index >= 15 is 0 Å². The number of carbonyl (C=O) groups excluding carboxylic acids is 2. The summed E-state index contributed by atoms with van der Waals surface area (Å²) in [5.41, 5.74) is 0. The Hall–Kier alpha value is -3.17. The van der Waals surface area contributed by atoms with Gasteiger partial charge in [-0.2, -0.15) is 8.42 Å². The molecule has 0 bridgehead atoms. The fraction of sp³-hybridized carbons (Fsp3) is 0.719. The molecule has 0 aromatic heterocycles. The minimum atomic E-state index is -4.62. The van der Waals surface area contributed by atoms with Crippen LogP contribution in [-0.2, 0) is 38.7 Å². The summed E-state index contributed by atoms with van der Waals surface area (Å²) in [6.07, 6.45) is 52.1. The molecule has 6 atom stereocenters. The Bertz CT molecular complexity index is 1600. The third kappa shape index (κ3) is 39.4. The minimum absolute atomic E-state index is 0.113. The number of esters is 2. The molecule has 1 aliphatic rings. The Labute approximate surface area is 424 Å². The topological polar surface area (TPSA) is 186 Å². The van der Waals surface area contributed by atoms with Gasteiger partial charge < -0.3 is 34.3 Å². The zero-order chi connectivity index (χ0) is 51.2. The predicted octanol–water partition coefficient (Wildman–Crippen LogP) is 12.8. The van der Waals surface area contributed by atoms with Crippen molar-refractivity contribution in [3.05, 3.63) is 85.1 Å². The quantitative estimate of drug-likeness (QED) is 0.0196. The lowest BCUT2D eigenvalue weighted by molar-refractivity contribution is -0.297. The van der Waals surface area contributed by atoms with Crippen LogP contribution >= 0.6 is 0 Å². The highest BCUT2D eigenvalue weighted by Gasteiger charge is 2.46. The van der Waals surface area contributed by atoms with Gasteiger partial charge in [-0.1, -0.05) is 189 Å². The van der Waals surface area contributed by atoms with E-state index in [4.69, 9.17) is 18.9 Å². The first kappa shape index (κ1) is 64.8. The zero-order valence-corrected chi connectivity index (χ0v) is 44.2. The van der Waals surface area contributed by atoms with Crippen LogP contribution in [0.4, 0.5) is 0 Å². The molecule has 1 fully saturated rings. The third-order valence-corrected chi connectivity index (χ3v) is 12.7. The molecule has 13 heteroatoms. The summed E-state index contributed by atoms with van der Waals surface area (Å²) in [6.45, 7) is 3.61. The summed E-state index contributed by atoms with van der Waals surface area (Å²) in [5.74, 6) is -2.09. The molecule has 0 aliphatic carbocycles. The number of hydrogen-bond acceptors (Lipinski definition) is 11. The Morgan fingerprint density at radius 2 is 0.929 bits per heavy atom. The van der Waals surface area contributed by atoms with Crippen molar-refractivity contribution in [1.29, 1.82) is 0 Å². The number of aliphatic hydroxyl groups is 3. The third-order valence-electron chi connectivity index (χ3n) is 11.9. The summed E-state index contributed by atoms with van der Waals surface area (Å²) >= 11 is 0. The van der Waals surface area contributed by atoms with Gasteiger partial charge in [-0.15, -0.1) is 0 Å². The average molecular weight is 1010 g/mol. The van der Waals surface area contributed by atoms with Crippen molar-refractivity contribution in [3.8, 4) is 0 Å². The van der Waals surface area contributed by atoms with E-state index < -0.39 is 71.2 Å². The molecular weight excluding hydrogens is 909 g/mol. The predicted molar refractivity (Wildman–Crippen MR) is 284 cm³/mol. The Morgan fingerprint density at radius 1 is 0.500 bits per heavy atom. The van der Waals surface area contributed by atoms with Crippen LogP contribution in [0.2, 0.25) is 0 Å². The van der Waals surface area contributed by atoms with Gasteiger partial charge in [0, 0.05) is 12.8 Å². The molecule has 1 rings (SSSR count). The minimum Gasteiger partial charge on any atom is -0.462 e. The van der Waals surface area contributed by atoms with Crippen molar-refractivity contribution in [2.24, 2.45) is 0 Å². The molecule has 70 heavy (non-hydrogen) atoms. The molecule has 0 aromatic carbocycles. The summed E-state index contributed by atoms with van der Waals surface area (Å²) in [5, 5.41) is 31.0. The normalized spacial score (nSPS) is 19.7. The number of aliphatic hydroxyl groups excluding tert-OH is 3. The van der Waals surface area contributed by atoms with Gasteiger partial charge in [-0.3, -0.25) is 14.1 Å². The van der Waals surface area contributed by atoms with E-state index in [0.717, 1.165) is 70.6 Å². The highest BCUT2D eigenvalue weighted by atomic mass is 32.2. The van der Waals surface area contributed by atoms with E-state index in [9.17, 15) is 37.9 Å². The lowest BCUT2D eigenvalue weighted by atomic mass is 10.00. The van der Waals surface area contributed by atoms with Gasteiger partial charge in [-0.25, -0.2) is 0 Å². The van der Waals surface area contributed by atoms with Gasteiger partial charge in [0.15, 0.2) is 12.4 Å². The lowest BCUT2D eigenvalue weighted by Crippen LogP contribution is -2.60. The smallest absolute Gasteiger partial charge is 0.306 e. The number of rotatable bonds is 45. The molecular formula is C57H96O12S.